The molecule has 3 nitrogen and oxygen atoms in total. The molecule has 100 valence electrons. The van der Waals surface area contributed by atoms with Crippen molar-refractivity contribution in [3.63, 3.8) is 0 Å². The molecular weight excluding hydrogens is 226 g/mol. The molecule has 0 unspecified atom stereocenters. The highest BCUT2D eigenvalue weighted by molar-refractivity contribution is 5.70. The van der Waals surface area contributed by atoms with Crippen molar-refractivity contribution in [3.8, 4) is 5.75 Å². The van der Waals surface area contributed by atoms with Crippen LogP contribution in [0.15, 0.2) is 12.1 Å². The lowest BCUT2D eigenvalue weighted by Crippen LogP contribution is -2.03. The molecule has 3 heteroatoms. The van der Waals surface area contributed by atoms with Gasteiger partial charge in [0, 0.05) is 11.3 Å². The number of aromatic nitrogens is 1. The van der Waals surface area contributed by atoms with Gasteiger partial charge < -0.3 is 10.2 Å². The smallest absolute Gasteiger partial charge is 0.144 e. The maximum absolute atomic E-state index is 10.3. The Bertz CT molecular complexity index is 448. The van der Waals surface area contributed by atoms with Gasteiger partial charge in [0.1, 0.15) is 5.75 Å². The summed E-state index contributed by atoms with van der Waals surface area (Å²) in [7, 11) is 0. The van der Waals surface area contributed by atoms with Gasteiger partial charge in [-0.1, -0.05) is 33.8 Å². The number of aliphatic hydroxyl groups is 1. The summed E-state index contributed by atoms with van der Waals surface area (Å²) in [5.74, 6) is 0.713. The molecule has 18 heavy (non-hydrogen) atoms. The van der Waals surface area contributed by atoms with Gasteiger partial charge in [0.15, 0.2) is 0 Å². The normalized spacial score (nSPS) is 12.6. The van der Waals surface area contributed by atoms with Gasteiger partial charge in [-0.25, -0.2) is 0 Å². The summed E-state index contributed by atoms with van der Waals surface area (Å²) < 4.78 is 0. The second kappa shape index (κ2) is 6.01. The summed E-state index contributed by atoms with van der Waals surface area (Å²) in [6, 6.07) is 1.91. The highest BCUT2D eigenvalue weighted by Crippen LogP contribution is 2.33. The number of allylic oxidation sites excluding steroid dienone is 1. The molecule has 0 amide bonds. The molecule has 0 saturated carbocycles. The highest BCUT2D eigenvalue weighted by Gasteiger charge is 2.16. The van der Waals surface area contributed by atoms with Crippen LogP contribution in [0.4, 0.5) is 0 Å². The molecule has 0 spiro atoms. The second-order valence-corrected chi connectivity index (χ2v) is 5.21. The summed E-state index contributed by atoms with van der Waals surface area (Å²) in [6.07, 6.45) is 1.70. The maximum atomic E-state index is 10.3. The van der Waals surface area contributed by atoms with Crippen molar-refractivity contribution in [1.29, 1.82) is 0 Å². The molecule has 2 N–H and O–H groups in total. The third-order valence-electron chi connectivity index (χ3n) is 3.00. The topological polar surface area (TPSA) is 53.4 Å². The SMILES string of the molecule is C/C(=C\CO)c1cc(C(C)C)nc(C(C)C)c1O. The summed E-state index contributed by atoms with van der Waals surface area (Å²) in [4.78, 5) is 4.53. The Morgan fingerprint density at radius 1 is 1.28 bits per heavy atom. The van der Waals surface area contributed by atoms with Crippen molar-refractivity contribution in [2.24, 2.45) is 0 Å². The average molecular weight is 249 g/mol. The molecule has 1 heterocycles. The molecule has 1 aromatic heterocycles. The van der Waals surface area contributed by atoms with Gasteiger partial charge in [-0.05, 0) is 30.4 Å². The van der Waals surface area contributed by atoms with E-state index < -0.39 is 0 Å². The van der Waals surface area contributed by atoms with Gasteiger partial charge in [-0.2, -0.15) is 0 Å². The number of aromatic hydroxyl groups is 1. The summed E-state index contributed by atoms with van der Waals surface area (Å²) >= 11 is 0. The van der Waals surface area contributed by atoms with E-state index in [-0.39, 0.29) is 18.3 Å². The summed E-state index contributed by atoms with van der Waals surface area (Å²) in [5, 5.41) is 19.2. The van der Waals surface area contributed by atoms with Crippen molar-refractivity contribution in [2.75, 3.05) is 6.61 Å². The van der Waals surface area contributed by atoms with Crippen LogP contribution in [0.25, 0.3) is 5.57 Å². The fourth-order valence-electron chi connectivity index (χ4n) is 1.82. The average Bonchev–Trinajstić information content (AvgIpc) is 2.28. The fraction of sp³-hybridized carbons (Fsp3) is 0.533. The lowest BCUT2D eigenvalue weighted by atomic mass is 9.97. The summed E-state index contributed by atoms with van der Waals surface area (Å²) in [5.41, 5.74) is 3.34. The van der Waals surface area contributed by atoms with E-state index >= 15 is 0 Å². The molecule has 0 atom stereocenters. The van der Waals surface area contributed by atoms with E-state index in [1.54, 1.807) is 6.08 Å². The number of pyridine rings is 1. The predicted molar refractivity (Wildman–Crippen MR) is 74.8 cm³/mol. The number of aliphatic hydroxyl groups excluding tert-OH is 1. The monoisotopic (exact) mass is 249 g/mol. The van der Waals surface area contributed by atoms with Crippen LogP contribution >= 0.6 is 0 Å². The first kappa shape index (κ1) is 14.7. The molecule has 0 saturated heterocycles. The van der Waals surface area contributed by atoms with Crippen LogP contribution in [0, 0.1) is 0 Å². The quantitative estimate of drug-likeness (QED) is 0.859. The largest absolute Gasteiger partial charge is 0.505 e. The number of rotatable bonds is 4. The zero-order chi connectivity index (χ0) is 13.9. The zero-order valence-electron chi connectivity index (χ0n) is 11.9. The van der Waals surface area contributed by atoms with Crippen LogP contribution in [-0.4, -0.2) is 21.8 Å². The Morgan fingerprint density at radius 2 is 1.89 bits per heavy atom. The molecule has 1 rings (SSSR count). The molecule has 0 aliphatic heterocycles. The van der Waals surface area contributed by atoms with Crippen molar-refractivity contribution in [2.45, 2.75) is 46.5 Å². The Labute approximate surface area is 109 Å². The number of hydrogen-bond acceptors (Lipinski definition) is 3. The van der Waals surface area contributed by atoms with Crippen LogP contribution in [0.5, 0.6) is 5.75 Å². The van der Waals surface area contributed by atoms with Crippen molar-refractivity contribution >= 4 is 5.57 Å². The fourth-order valence-corrected chi connectivity index (χ4v) is 1.82. The lowest BCUT2D eigenvalue weighted by molar-refractivity contribution is 0.343. The third kappa shape index (κ3) is 3.10. The zero-order valence-corrected chi connectivity index (χ0v) is 11.9. The van der Waals surface area contributed by atoms with Gasteiger partial charge in [-0.15, -0.1) is 0 Å². The van der Waals surface area contributed by atoms with Crippen molar-refractivity contribution in [1.82, 2.24) is 4.98 Å². The minimum Gasteiger partial charge on any atom is -0.505 e. The Hall–Kier alpha value is -1.35. The van der Waals surface area contributed by atoms with Crippen LogP contribution in [-0.2, 0) is 0 Å². The van der Waals surface area contributed by atoms with E-state index in [4.69, 9.17) is 5.11 Å². The van der Waals surface area contributed by atoms with Crippen LogP contribution in [0.2, 0.25) is 0 Å². The van der Waals surface area contributed by atoms with Gasteiger partial charge in [-0.3, -0.25) is 4.98 Å². The van der Waals surface area contributed by atoms with Crippen molar-refractivity contribution in [3.05, 3.63) is 29.1 Å². The van der Waals surface area contributed by atoms with E-state index in [1.807, 2.05) is 26.8 Å². The molecule has 0 fully saturated rings. The number of nitrogens with zero attached hydrogens (tertiary/aromatic N) is 1. The Morgan fingerprint density at radius 3 is 2.33 bits per heavy atom. The highest BCUT2D eigenvalue weighted by atomic mass is 16.3. The molecular formula is C15H23NO2. The molecule has 0 aliphatic rings. The minimum absolute atomic E-state index is 0.0262. The molecule has 0 radical (unpaired) electrons. The van der Waals surface area contributed by atoms with Crippen LogP contribution < -0.4 is 0 Å². The molecule has 0 aromatic carbocycles. The van der Waals surface area contributed by atoms with E-state index in [0.717, 1.165) is 22.5 Å². The van der Waals surface area contributed by atoms with Crippen LogP contribution in [0.3, 0.4) is 0 Å². The number of hydrogen-bond donors (Lipinski definition) is 2. The summed E-state index contributed by atoms with van der Waals surface area (Å²) in [6.45, 7) is 10.1. The van der Waals surface area contributed by atoms with Crippen molar-refractivity contribution < 1.29 is 10.2 Å². The lowest BCUT2D eigenvalue weighted by Gasteiger charge is -2.16. The first-order valence-electron chi connectivity index (χ1n) is 6.40. The van der Waals surface area contributed by atoms with Gasteiger partial charge in [0.25, 0.3) is 0 Å². The van der Waals surface area contributed by atoms with E-state index in [1.165, 1.54) is 0 Å². The first-order chi connectivity index (χ1) is 8.38. The standard InChI is InChI=1S/C15H23NO2/c1-9(2)13-8-12(11(5)6-7-17)15(18)14(16-13)10(3)4/h6,8-10,17-18H,7H2,1-5H3/b11-6+. The molecule has 1 aromatic rings. The Kier molecular flexibility index (Phi) is 4.91. The van der Waals surface area contributed by atoms with E-state index in [0.29, 0.717) is 5.92 Å². The van der Waals surface area contributed by atoms with Gasteiger partial charge in [0.2, 0.25) is 0 Å². The van der Waals surface area contributed by atoms with Gasteiger partial charge >= 0.3 is 0 Å². The minimum atomic E-state index is -0.0262. The molecule has 0 bridgehead atoms. The maximum Gasteiger partial charge on any atom is 0.144 e. The van der Waals surface area contributed by atoms with Gasteiger partial charge in [0.05, 0.1) is 12.3 Å². The first-order valence-corrected chi connectivity index (χ1v) is 6.40. The predicted octanol–water partition coefficient (Wildman–Crippen LogP) is 3.43. The van der Waals surface area contributed by atoms with E-state index in [9.17, 15) is 5.11 Å². The Balaban J connectivity index is 3.45. The van der Waals surface area contributed by atoms with Crippen LogP contribution in [0.1, 0.15) is 63.4 Å². The third-order valence-corrected chi connectivity index (χ3v) is 3.00. The molecule has 0 aliphatic carbocycles. The van der Waals surface area contributed by atoms with E-state index in [2.05, 4.69) is 18.8 Å². The second-order valence-electron chi connectivity index (χ2n) is 5.21.